The number of hydrogen-bond donors (Lipinski definition) is 2. The van der Waals surface area contributed by atoms with Crippen molar-refractivity contribution in [2.75, 3.05) is 30.3 Å². The van der Waals surface area contributed by atoms with Crippen molar-refractivity contribution in [3.8, 4) is 11.1 Å². The van der Waals surface area contributed by atoms with E-state index in [1.165, 1.54) is 48.4 Å². The van der Waals surface area contributed by atoms with Gasteiger partial charge in [-0.25, -0.2) is 9.37 Å². The quantitative estimate of drug-likeness (QED) is 0.352. The van der Waals surface area contributed by atoms with Crippen molar-refractivity contribution in [2.45, 2.75) is 32.6 Å². The molecule has 5 nitrogen and oxygen atoms in total. The zero-order chi connectivity index (χ0) is 24.4. The highest BCUT2D eigenvalue weighted by Gasteiger charge is 2.18. The van der Waals surface area contributed by atoms with Crippen LogP contribution < -0.4 is 16.0 Å². The Morgan fingerprint density at radius 3 is 2.63 bits per heavy atom. The molecular weight excluding hydrogens is 459 g/mol. The third-order valence-corrected chi connectivity index (χ3v) is 7.67. The second-order valence-electron chi connectivity index (χ2n) is 9.06. The number of nitrogens with one attached hydrogen (secondary N) is 1. The number of nitrogen functional groups attached to an aromatic ring is 1. The fourth-order valence-electron chi connectivity index (χ4n) is 4.67. The van der Waals surface area contributed by atoms with Gasteiger partial charge in [0.05, 0.1) is 5.69 Å². The van der Waals surface area contributed by atoms with Crippen LogP contribution in [-0.2, 0) is 6.42 Å². The molecule has 0 saturated carbocycles. The van der Waals surface area contributed by atoms with E-state index < -0.39 is 0 Å². The first-order chi connectivity index (χ1) is 17.0. The first-order valence-electron chi connectivity index (χ1n) is 12.1. The maximum absolute atomic E-state index is 13.6. The minimum Gasteiger partial charge on any atom is -0.397 e. The number of benzene rings is 2. The van der Waals surface area contributed by atoms with Crippen LogP contribution in [-0.4, -0.2) is 30.5 Å². The topological polar surface area (TPSA) is 71.2 Å². The van der Waals surface area contributed by atoms with E-state index in [2.05, 4.69) is 33.4 Å². The lowest BCUT2D eigenvalue weighted by molar-refractivity contribution is 0.0959. The van der Waals surface area contributed by atoms with Crippen LogP contribution in [0.15, 0.2) is 54.6 Å². The number of rotatable bonds is 6. The molecule has 5 rings (SSSR count). The van der Waals surface area contributed by atoms with E-state index in [9.17, 15) is 9.18 Å². The summed E-state index contributed by atoms with van der Waals surface area (Å²) in [6.07, 6.45) is 4.32. The van der Waals surface area contributed by atoms with E-state index in [1.807, 2.05) is 31.2 Å². The summed E-state index contributed by atoms with van der Waals surface area (Å²) < 4.78 is 13.6. The molecule has 0 spiro atoms. The number of piperidine rings is 1. The van der Waals surface area contributed by atoms with Crippen LogP contribution in [0.25, 0.3) is 21.3 Å². The van der Waals surface area contributed by atoms with Crippen molar-refractivity contribution < 1.29 is 9.18 Å². The normalized spacial score (nSPS) is 13.8. The maximum atomic E-state index is 13.6. The van der Waals surface area contributed by atoms with Crippen LogP contribution in [0.3, 0.4) is 0 Å². The van der Waals surface area contributed by atoms with Crippen LogP contribution in [0, 0.1) is 12.7 Å². The van der Waals surface area contributed by atoms with Gasteiger partial charge in [0.25, 0.3) is 5.91 Å². The predicted molar refractivity (Wildman–Crippen MR) is 143 cm³/mol. The molecule has 0 bridgehead atoms. The number of carbonyl (C=O) groups is 1. The Balaban J connectivity index is 1.33. The highest BCUT2D eigenvalue weighted by Crippen LogP contribution is 2.34. The van der Waals surface area contributed by atoms with Gasteiger partial charge in [0.1, 0.15) is 15.5 Å². The van der Waals surface area contributed by atoms with Gasteiger partial charge >= 0.3 is 0 Å². The average Bonchev–Trinajstić information content (AvgIpc) is 3.20. The van der Waals surface area contributed by atoms with Gasteiger partial charge in [-0.15, -0.1) is 11.3 Å². The van der Waals surface area contributed by atoms with E-state index in [4.69, 9.17) is 5.73 Å². The Labute approximate surface area is 208 Å². The summed E-state index contributed by atoms with van der Waals surface area (Å²) in [5, 5.41) is 3.83. The Morgan fingerprint density at radius 1 is 1.09 bits per heavy atom. The zero-order valence-corrected chi connectivity index (χ0v) is 20.6. The number of nitrogens with zero attached hydrogens (tertiary/aromatic N) is 2. The first-order valence-corrected chi connectivity index (χ1v) is 12.9. The molecular formula is C28H29FN4OS. The summed E-state index contributed by atoms with van der Waals surface area (Å²) in [4.78, 5) is 21.0. The number of thiophene rings is 1. The monoisotopic (exact) mass is 488 g/mol. The van der Waals surface area contributed by atoms with Crippen LogP contribution in [0.4, 0.5) is 15.8 Å². The summed E-state index contributed by atoms with van der Waals surface area (Å²) in [7, 11) is 0. The van der Waals surface area contributed by atoms with Gasteiger partial charge < -0.3 is 16.0 Å². The molecule has 2 aromatic heterocycles. The minimum atomic E-state index is -0.238. The fourth-order valence-corrected chi connectivity index (χ4v) is 5.72. The molecule has 180 valence electrons. The summed E-state index contributed by atoms with van der Waals surface area (Å²) >= 11 is 1.33. The van der Waals surface area contributed by atoms with E-state index in [0.29, 0.717) is 23.5 Å². The molecule has 4 aromatic rings. The number of aromatic nitrogens is 1. The predicted octanol–water partition coefficient (Wildman–Crippen LogP) is 5.96. The van der Waals surface area contributed by atoms with Gasteiger partial charge in [-0.2, -0.15) is 0 Å². The second-order valence-corrected chi connectivity index (χ2v) is 10.1. The van der Waals surface area contributed by atoms with Crippen molar-refractivity contribution >= 4 is 38.8 Å². The van der Waals surface area contributed by atoms with Crippen LogP contribution in [0.2, 0.25) is 0 Å². The Kier molecular flexibility index (Phi) is 6.68. The van der Waals surface area contributed by atoms with Crippen molar-refractivity contribution in [3.05, 3.63) is 76.5 Å². The van der Waals surface area contributed by atoms with Crippen LogP contribution in [0.1, 0.15) is 40.2 Å². The zero-order valence-electron chi connectivity index (χ0n) is 19.8. The summed E-state index contributed by atoms with van der Waals surface area (Å²) in [5.74, 6) is -0.412. The first kappa shape index (κ1) is 23.3. The van der Waals surface area contributed by atoms with E-state index in [1.54, 1.807) is 0 Å². The molecule has 1 aliphatic rings. The lowest BCUT2D eigenvalue weighted by atomic mass is 9.97. The van der Waals surface area contributed by atoms with E-state index >= 15 is 0 Å². The van der Waals surface area contributed by atoms with Crippen LogP contribution in [0.5, 0.6) is 0 Å². The summed E-state index contributed by atoms with van der Waals surface area (Å²) in [6, 6.07) is 17.0. The number of halogens is 1. The molecule has 3 N–H and O–H groups in total. The summed E-state index contributed by atoms with van der Waals surface area (Å²) in [6.45, 7) is 4.49. The standard InChI is InChI=1S/C28H29FN4OS/c1-18-5-11-22-25(30)26(35-28(22)32-18)27(34)31-14-13-19-6-12-24(33-15-3-2-4-16-33)23(17-19)20-7-9-21(29)10-8-20/h5-12,17H,2-4,13-16,30H2,1H3,(H,31,34). The molecule has 0 unspecified atom stereocenters. The third-order valence-electron chi connectivity index (χ3n) is 6.55. The number of aryl methyl sites for hydroxylation is 1. The molecule has 3 heterocycles. The molecule has 0 atom stereocenters. The van der Waals surface area contributed by atoms with Crippen molar-refractivity contribution in [1.29, 1.82) is 0 Å². The number of amides is 1. The largest absolute Gasteiger partial charge is 0.397 e. The number of nitrogens with two attached hydrogens (primary N) is 1. The van der Waals surface area contributed by atoms with Crippen molar-refractivity contribution in [2.24, 2.45) is 0 Å². The maximum Gasteiger partial charge on any atom is 0.263 e. The molecule has 1 fully saturated rings. The van der Waals surface area contributed by atoms with Crippen molar-refractivity contribution in [1.82, 2.24) is 10.3 Å². The highest BCUT2D eigenvalue weighted by molar-refractivity contribution is 7.21. The van der Waals surface area contributed by atoms with Crippen molar-refractivity contribution in [3.63, 3.8) is 0 Å². The van der Waals surface area contributed by atoms with Crippen LogP contribution >= 0.6 is 11.3 Å². The smallest absolute Gasteiger partial charge is 0.263 e. The van der Waals surface area contributed by atoms with Gasteiger partial charge in [-0.3, -0.25) is 4.79 Å². The lowest BCUT2D eigenvalue weighted by Crippen LogP contribution is -2.30. The molecule has 1 aliphatic heterocycles. The minimum absolute atomic E-state index is 0.174. The van der Waals surface area contributed by atoms with Gasteiger partial charge in [0, 0.05) is 42.0 Å². The molecule has 2 aromatic carbocycles. The lowest BCUT2D eigenvalue weighted by Gasteiger charge is -2.31. The molecule has 35 heavy (non-hydrogen) atoms. The molecule has 0 aliphatic carbocycles. The molecule has 1 amide bonds. The number of pyridine rings is 1. The van der Waals surface area contributed by atoms with Gasteiger partial charge in [0.15, 0.2) is 0 Å². The Hall–Kier alpha value is -3.45. The Morgan fingerprint density at radius 2 is 1.86 bits per heavy atom. The fraction of sp³-hybridized carbons (Fsp3) is 0.286. The summed E-state index contributed by atoms with van der Waals surface area (Å²) in [5.41, 5.74) is 12.0. The number of carbonyl (C=O) groups excluding carboxylic acids is 1. The van der Waals surface area contributed by atoms with Gasteiger partial charge in [-0.1, -0.05) is 18.2 Å². The number of anilines is 2. The Bertz CT molecular complexity index is 1360. The molecule has 0 radical (unpaired) electrons. The SMILES string of the molecule is Cc1ccc2c(N)c(C(=O)NCCc3ccc(N4CCCCC4)c(-c4ccc(F)cc4)c3)sc2n1. The second kappa shape index (κ2) is 10.0. The van der Waals surface area contributed by atoms with Gasteiger partial charge in [0.2, 0.25) is 0 Å². The van der Waals surface area contributed by atoms with E-state index in [-0.39, 0.29) is 11.7 Å². The highest BCUT2D eigenvalue weighted by atomic mass is 32.1. The number of fused-ring (bicyclic) bond motifs is 1. The average molecular weight is 489 g/mol. The third kappa shape index (κ3) is 5.00. The number of hydrogen-bond acceptors (Lipinski definition) is 5. The molecule has 1 saturated heterocycles. The van der Waals surface area contributed by atoms with Gasteiger partial charge in [-0.05, 0) is 80.1 Å². The molecule has 7 heteroatoms. The van der Waals surface area contributed by atoms with E-state index in [0.717, 1.165) is 45.7 Å².